The van der Waals surface area contributed by atoms with Crippen molar-refractivity contribution in [1.29, 1.82) is 0 Å². The monoisotopic (exact) mass is 217 g/mol. The molecule has 0 radical (unpaired) electrons. The van der Waals surface area contributed by atoms with Gasteiger partial charge >= 0.3 is 4.45 Å². The number of nitro groups is 1. The second-order valence-corrected chi connectivity index (χ2v) is 2.97. The maximum absolute atomic E-state index is 9.92. The van der Waals surface area contributed by atoms with Gasteiger partial charge in [-0.3, -0.25) is 10.1 Å². The van der Waals surface area contributed by atoms with Crippen molar-refractivity contribution in [2.75, 3.05) is 13.2 Å². The molecule has 0 aliphatic rings. The van der Waals surface area contributed by atoms with E-state index in [1.54, 1.807) is 0 Å². The number of nitrogens with zero attached hydrogens (tertiary/aromatic N) is 1. The van der Waals surface area contributed by atoms with Gasteiger partial charge in [-0.1, -0.05) is 0 Å². The summed E-state index contributed by atoms with van der Waals surface area (Å²) in [7, 11) is 0. The lowest BCUT2D eigenvalue weighted by Gasteiger charge is -2.11. The third-order valence-electron chi connectivity index (χ3n) is 0.812. The summed E-state index contributed by atoms with van der Waals surface area (Å²) >= 11 is 2.55. The third kappa shape index (κ3) is 2.56. The predicted molar refractivity (Wildman–Crippen MR) is 36.4 cm³/mol. The third-order valence-corrected chi connectivity index (χ3v) is 1.60. The molecular weight excluding hydrogens is 210 g/mol. The second-order valence-electron chi connectivity index (χ2n) is 1.49. The Morgan fingerprint density at radius 2 is 1.80 bits per heavy atom. The highest BCUT2D eigenvalue weighted by Gasteiger charge is 2.38. The maximum atomic E-state index is 9.92. The Hall–Kier alpha value is -0.240. The molecule has 0 aliphatic carbocycles. The first kappa shape index (κ1) is 12.4. The van der Waals surface area contributed by atoms with Gasteiger partial charge in [0, 0.05) is 20.9 Å². The minimum absolute atomic E-state index is 0. The molecule has 4 N–H and O–H groups in total. The standard InChI is InChI=1S/C3H6BrNO4.H2O/c4-3(1-6,2-7)5(8)9;/h6-7H,1-2H2;1H2. The van der Waals surface area contributed by atoms with Gasteiger partial charge in [0.15, 0.2) is 0 Å². The van der Waals surface area contributed by atoms with Gasteiger partial charge in [0.05, 0.1) is 0 Å². The van der Waals surface area contributed by atoms with Crippen molar-refractivity contribution in [2.24, 2.45) is 0 Å². The van der Waals surface area contributed by atoms with Crippen LogP contribution in [0.25, 0.3) is 0 Å². The van der Waals surface area contributed by atoms with Crippen molar-refractivity contribution < 1.29 is 20.6 Å². The van der Waals surface area contributed by atoms with Crippen LogP contribution in [0.2, 0.25) is 0 Å². The Morgan fingerprint density at radius 3 is 1.80 bits per heavy atom. The van der Waals surface area contributed by atoms with Gasteiger partial charge in [0.25, 0.3) is 0 Å². The number of hydrogen-bond donors (Lipinski definition) is 2. The van der Waals surface area contributed by atoms with Gasteiger partial charge < -0.3 is 15.7 Å². The van der Waals surface area contributed by atoms with Crippen LogP contribution in [0, 0.1) is 10.1 Å². The van der Waals surface area contributed by atoms with Crippen molar-refractivity contribution >= 4 is 15.9 Å². The SMILES string of the molecule is O.O=[N+]([O-])C(Br)(CO)CO. The molecule has 62 valence electrons. The van der Waals surface area contributed by atoms with Crippen LogP contribution in [-0.2, 0) is 0 Å². The molecule has 0 saturated heterocycles. The fraction of sp³-hybridized carbons (Fsp3) is 1.00. The van der Waals surface area contributed by atoms with Crippen molar-refractivity contribution in [1.82, 2.24) is 0 Å². The van der Waals surface area contributed by atoms with Crippen LogP contribution in [0.15, 0.2) is 0 Å². The van der Waals surface area contributed by atoms with Crippen molar-refractivity contribution in [3.8, 4) is 0 Å². The Bertz CT molecular complexity index is 113. The van der Waals surface area contributed by atoms with Crippen LogP contribution in [-0.4, -0.2) is 38.3 Å². The minimum atomic E-state index is -1.77. The van der Waals surface area contributed by atoms with E-state index < -0.39 is 22.6 Å². The molecule has 0 atom stereocenters. The maximum Gasteiger partial charge on any atom is 0.319 e. The summed E-state index contributed by atoms with van der Waals surface area (Å²) < 4.78 is -1.77. The van der Waals surface area contributed by atoms with E-state index in [1.807, 2.05) is 0 Å². The molecule has 0 aromatic carbocycles. The highest BCUT2D eigenvalue weighted by molar-refractivity contribution is 9.10. The van der Waals surface area contributed by atoms with Crippen molar-refractivity contribution in [2.45, 2.75) is 4.45 Å². The Morgan fingerprint density at radius 1 is 1.50 bits per heavy atom. The van der Waals surface area contributed by atoms with Gasteiger partial charge in [0.1, 0.15) is 13.2 Å². The van der Waals surface area contributed by atoms with Crippen LogP contribution in [0.3, 0.4) is 0 Å². The van der Waals surface area contributed by atoms with Crippen LogP contribution >= 0.6 is 15.9 Å². The van der Waals surface area contributed by atoms with E-state index in [0.29, 0.717) is 0 Å². The van der Waals surface area contributed by atoms with Gasteiger partial charge in [-0.05, 0) is 0 Å². The summed E-state index contributed by atoms with van der Waals surface area (Å²) in [6.45, 7) is -1.45. The zero-order valence-corrected chi connectivity index (χ0v) is 6.54. The molecule has 0 amide bonds. The van der Waals surface area contributed by atoms with Gasteiger partial charge in [-0.25, -0.2) is 0 Å². The zero-order valence-electron chi connectivity index (χ0n) is 4.95. The highest BCUT2D eigenvalue weighted by atomic mass is 79.9. The first-order chi connectivity index (χ1) is 4.06. The first-order valence-electron chi connectivity index (χ1n) is 2.12. The lowest BCUT2D eigenvalue weighted by atomic mass is 10.4. The number of aliphatic hydroxyl groups excluding tert-OH is 2. The lowest BCUT2D eigenvalue weighted by Crippen LogP contribution is -2.39. The van der Waals surface area contributed by atoms with Gasteiger partial charge in [0.2, 0.25) is 0 Å². The Labute approximate surface area is 65.1 Å². The summed E-state index contributed by atoms with van der Waals surface area (Å²) in [5.41, 5.74) is 0. The van der Waals surface area contributed by atoms with E-state index >= 15 is 0 Å². The van der Waals surface area contributed by atoms with Crippen LogP contribution in [0.5, 0.6) is 0 Å². The minimum Gasteiger partial charge on any atom is -0.412 e. The van der Waals surface area contributed by atoms with E-state index in [0.717, 1.165) is 0 Å². The van der Waals surface area contributed by atoms with E-state index in [-0.39, 0.29) is 5.48 Å². The number of halogens is 1. The molecule has 7 heteroatoms. The molecule has 0 heterocycles. The molecule has 0 fully saturated rings. The zero-order chi connectivity index (χ0) is 7.49. The number of alkyl halides is 1. The van der Waals surface area contributed by atoms with Crippen molar-refractivity contribution in [3.05, 3.63) is 10.1 Å². The highest BCUT2D eigenvalue weighted by Crippen LogP contribution is 2.15. The topological polar surface area (TPSA) is 115 Å². The lowest BCUT2D eigenvalue weighted by molar-refractivity contribution is -0.542. The predicted octanol–water partition coefficient (Wildman–Crippen LogP) is -1.49. The summed E-state index contributed by atoms with van der Waals surface area (Å²) in [5, 5.41) is 26.5. The summed E-state index contributed by atoms with van der Waals surface area (Å²) in [5.74, 6) is 0. The second kappa shape index (κ2) is 4.56. The Kier molecular flexibility index (Phi) is 5.67. The van der Waals surface area contributed by atoms with E-state index in [2.05, 4.69) is 15.9 Å². The van der Waals surface area contributed by atoms with Crippen LogP contribution in [0.4, 0.5) is 0 Å². The average molecular weight is 218 g/mol. The molecule has 0 bridgehead atoms. The molecule has 0 saturated carbocycles. The van der Waals surface area contributed by atoms with Crippen LogP contribution < -0.4 is 0 Å². The molecule has 6 nitrogen and oxygen atoms in total. The number of aliphatic hydroxyl groups is 2. The van der Waals surface area contributed by atoms with Gasteiger partial charge in [-0.2, -0.15) is 0 Å². The van der Waals surface area contributed by atoms with Crippen LogP contribution in [0.1, 0.15) is 0 Å². The smallest absolute Gasteiger partial charge is 0.319 e. The summed E-state index contributed by atoms with van der Waals surface area (Å²) in [6, 6.07) is 0. The molecule has 0 aromatic rings. The molecule has 0 spiro atoms. The molecule has 0 aliphatic heterocycles. The fourth-order valence-corrected chi connectivity index (χ4v) is 0.165. The van der Waals surface area contributed by atoms with E-state index in [4.69, 9.17) is 10.2 Å². The molecule has 0 aromatic heterocycles. The van der Waals surface area contributed by atoms with E-state index in [9.17, 15) is 10.1 Å². The quantitative estimate of drug-likeness (QED) is 0.260. The molecule has 10 heavy (non-hydrogen) atoms. The first-order valence-corrected chi connectivity index (χ1v) is 2.91. The number of rotatable bonds is 3. The molecule has 0 rings (SSSR count). The average Bonchev–Trinajstić information content (AvgIpc) is 1.86. The summed E-state index contributed by atoms with van der Waals surface area (Å²) in [6.07, 6.45) is 0. The van der Waals surface area contributed by atoms with Crippen molar-refractivity contribution in [3.63, 3.8) is 0 Å². The Balaban J connectivity index is 0. The largest absolute Gasteiger partial charge is 0.412 e. The summed E-state index contributed by atoms with van der Waals surface area (Å²) in [4.78, 5) is 9.14. The normalized spacial score (nSPS) is 10.3. The molecular formula is C3H8BrNO5. The number of hydrogen-bond acceptors (Lipinski definition) is 4. The van der Waals surface area contributed by atoms with Gasteiger partial charge in [-0.15, -0.1) is 0 Å². The fourth-order valence-electron chi connectivity index (χ4n) is 0.165. The molecule has 0 unspecified atom stereocenters. The van der Waals surface area contributed by atoms with E-state index in [1.165, 1.54) is 0 Å².